The quantitative estimate of drug-likeness (QED) is 0.360. The number of hydrogen-bond acceptors (Lipinski definition) is 4. The molecule has 0 bridgehead atoms. The minimum atomic E-state index is -5.32. The van der Waals surface area contributed by atoms with Gasteiger partial charge in [-0.05, 0) is 0 Å². The van der Waals surface area contributed by atoms with Crippen molar-refractivity contribution in [3.05, 3.63) is 0 Å². The third-order valence-corrected chi connectivity index (χ3v) is 2.86. The maximum absolute atomic E-state index is 12.5. The second-order valence-electron chi connectivity index (χ2n) is 5.05. The van der Waals surface area contributed by atoms with Gasteiger partial charge in [0.1, 0.15) is 0 Å². The summed E-state index contributed by atoms with van der Waals surface area (Å²) >= 11 is 0. The van der Waals surface area contributed by atoms with Crippen LogP contribution in [0, 0.1) is 0 Å². The summed E-state index contributed by atoms with van der Waals surface area (Å²) in [5.41, 5.74) is 0. The molecule has 0 saturated carbocycles. The lowest BCUT2D eigenvalue weighted by Crippen LogP contribution is -2.48. The lowest BCUT2D eigenvalue weighted by atomic mass is 10.4. The predicted molar refractivity (Wildman–Crippen MR) is 73.6 cm³/mol. The largest absolute Gasteiger partial charge is 0.471 e. The van der Waals surface area contributed by atoms with E-state index >= 15 is 0 Å². The Labute approximate surface area is 151 Å². The highest BCUT2D eigenvalue weighted by Gasteiger charge is 2.43. The van der Waals surface area contributed by atoms with Crippen molar-refractivity contribution in [3.63, 3.8) is 0 Å². The van der Waals surface area contributed by atoms with Crippen LogP contribution in [0.2, 0.25) is 0 Å². The molecule has 164 valence electrons. The van der Waals surface area contributed by atoms with E-state index in [1.165, 1.54) is 10.6 Å². The zero-order valence-corrected chi connectivity index (χ0v) is 13.8. The summed E-state index contributed by atoms with van der Waals surface area (Å²) in [6, 6.07) is 0. The van der Waals surface area contributed by atoms with Crippen LogP contribution in [0.1, 0.15) is 0 Å². The van der Waals surface area contributed by atoms with Crippen molar-refractivity contribution in [2.75, 3.05) is 39.3 Å². The van der Waals surface area contributed by atoms with Crippen LogP contribution in [-0.2, 0) is 14.4 Å². The van der Waals surface area contributed by atoms with E-state index in [4.69, 9.17) is 0 Å². The molecule has 0 fully saturated rings. The fraction of sp³-hybridized carbons (Fsp3) is 0.750. The van der Waals surface area contributed by atoms with Crippen LogP contribution >= 0.6 is 0 Å². The Hall–Kier alpha value is -2.26. The molecule has 0 heterocycles. The maximum atomic E-state index is 12.5. The molecule has 0 unspecified atom stereocenters. The summed E-state index contributed by atoms with van der Waals surface area (Å²) in [6.07, 6.45) is -15.7. The molecule has 3 N–H and O–H groups in total. The molecular weight excluding hydrogens is 419 g/mol. The van der Waals surface area contributed by atoms with Gasteiger partial charge in [0, 0.05) is 39.3 Å². The molecule has 0 aromatic carbocycles. The Morgan fingerprint density at radius 2 is 1.04 bits per heavy atom. The molecule has 7 nitrogen and oxygen atoms in total. The number of halogens is 9. The molecule has 0 radical (unpaired) electrons. The van der Waals surface area contributed by atoms with Crippen molar-refractivity contribution in [1.82, 2.24) is 20.9 Å². The first kappa shape index (κ1) is 25.7. The van der Waals surface area contributed by atoms with E-state index in [0.717, 1.165) is 0 Å². The lowest BCUT2D eigenvalue weighted by molar-refractivity contribution is -0.185. The molecule has 0 atom stereocenters. The normalized spacial score (nSPS) is 12.5. The SMILES string of the molecule is O=C(NCCNCCN(CCNC(=O)C(F)(F)F)C(=O)C(F)(F)F)C(F)(F)F. The maximum Gasteiger partial charge on any atom is 0.471 e. The third kappa shape index (κ3) is 10.2. The van der Waals surface area contributed by atoms with Crippen molar-refractivity contribution < 1.29 is 53.9 Å². The number of rotatable bonds is 9. The summed E-state index contributed by atoms with van der Waals surface area (Å²) in [7, 11) is 0. The summed E-state index contributed by atoms with van der Waals surface area (Å²) in [6.45, 7) is -3.67. The number of carbonyl (C=O) groups excluding carboxylic acids is 3. The van der Waals surface area contributed by atoms with E-state index in [1.54, 1.807) is 0 Å². The van der Waals surface area contributed by atoms with Gasteiger partial charge >= 0.3 is 36.3 Å². The van der Waals surface area contributed by atoms with Crippen LogP contribution in [0.15, 0.2) is 0 Å². The van der Waals surface area contributed by atoms with Gasteiger partial charge in [-0.2, -0.15) is 39.5 Å². The van der Waals surface area contributed by atoms with Crippen LogP contribution in [0.3, 0.4) is 0 Å². The van der Waals surface area contributed by atoms with E-state index < -0.39 is 62.4 Å². The molecule has 0 aliphatic rings. The average Bonchev–Trinajstić information content (AvgIpc) is 2.52. The van der Waals surface area contributed by atoms with E-state index in [-0.39, 0.29) is 18.0 Å². The summed E-state index contributed by atoms with van der Waals surface area (Å²) < 4.78 is 109. The van der Waals surface area contributed by atoms with E-state index in [0.29, 0.717) is 0 Å². The fourth-order valence-corrected chi connectivity index (χ4v) is 1.60. The van der Waals surface area contributed by atoms with E-state index in [1.807, 2.05) is 0 Å². The first-order valence-corrected chi connectivity index (χ1v) is 7.33. The highest BCUT2D eigenvalue weighted by atomic mass is 19.4. The molecule has 28 heavy (non-hydrogen) atoms. The number of alkyl halides is 9. The van der Waals surface area contributed by atoms with Gasteiger partial charge in [0.2, 0.25) is 0 Å². The molecular formula is C12H15F9N4O3. The van der Waals surface area contributed by atoms with Gasteiger partial charge < -0.3 is 20.9 Å². The van der Waals surface area contributed by atoms with Gasteiger partial charge in [0.15, 0.2) is 0 Å². The van der Waals surface area contributed by atoms with Gasteiger partial charge in [-0.15, -0.1) is 0 Å². The fourth-order valence-electron chi connectivity index (χ4n) is 1.60. The average molecular weight is 434 g/mol. The Kier molecular flexibility index (Phi) is 9.50. The van der Waals surface area contributed by atoms with E-state index in [9.17, 15) is 53.9 Å². The van der Waals surface area contributed by atoms with Crippen LogP contribution in [0.4, 0.5) is 39.5 Å². The van der Waals surface area contributed by atoms with Crippen molar-refractivity contribution in [3.8, 4) is 0 Å². The van der Waals surface area contributed by atoms with Crippen molar-refractivity contribution in [2.24, 2.45) is 0 Å². The van der Waals surface area contributed by atoms with Gasteiger partial charge in [-0.1, -0.05) is 0 Å². The third-order valence-electron chi connectivity index (χ3n) is 2.86. The monoisotopic (exact) mass is 434 g/mol. The van der Waals surface area contributed by atoms with Gasteiger partial charge in [-0.25, -0.2) is 0 Å². The molecule has 0 aromatic heterocycles. The number of carbonyl (C=O) groups is 3. The number of hydrogen-bond donors (Lipinski definition) is 3. The predicted octanol–water partition coefficient (Wildman–Crippen LogP) is 0.324. The second kappa shape index (κ2) is 10.3. The minimum absolute atomic E-state index is 0.109. The summed E-state index contributed by atoms with van der Waals surface area (Å²) in [5.74, 6) is -6.99. The molecule has 0 rings (SSSR count). The van der Waals surface area contributed by atoms with Gasteiger partial charge in [0.05, 0.1) is 0 Å². The van der Waals surface area contributed by atoms with Crippen molar-refractivity contribution in [2.45, 2.75) is 18.5 Å². The summed E-state index contributed by atoms with van der Waals surface area (Å²) in [5, 5.41) is 5.12. The Bertz CT molecular complexity index is 546. The molecule has 3 amide bonds. The van der Waals surface area contributed by atoms with Crippen LogP contribution < -0.4 is 16.0 Å². The van der Waals surface area contributed by atoms with Crippen LogP contribution in [-0.4, -0.2) is 80.4 Å². The standard InChI is InChI=1S/C12H15F9N4O3/c13-10(14,15)7(26)23-2-1-22-3-5-25(9(28)12(19,20)21)6-4-24-8(27)11(16,17)18/h22H,1-6H2,(H,23,26)(H,24,27). The zero-order chi connectivity index (χ0) is 22.2. The topological polar surface area (TPSA) is 90.5 Å². The smallest absolute Gasteiger partial charge is 0.347 e. The molecule has 0 saturated heterocycles. The van der Waals surface area contributed by atoms with Gasteiger partial charge in [0.25, 0.3) is 0 Å². The van der Waals surface area contributed by atoms with Crippen molar-refractivity contribution >= 4 is 17.7 Å². The van der Waals surface area contributed by atoms with E-state index in [2.05, 4.69) is 5.32 Å². The minimum Gasteiger partial charge on any atom is -0.347 e. The Morgan fingerprint density at radius 1 is 0.607 bits per heavy atom. The van der Waals surface area contributed by atoms with Crippen molar-refractivity contribution in [1.29, 1.82) is 0 Å². The zero-order valence-electron chi connectivity index (χ0n) is 13.8. The molecule has 16 heteroatoms. The second-order valence-corrected chi connectivity index (χ2v) is 5.05. The molecule has 0 aliphatic heterocycles. The first-order valence-electron chi connectivity index (χ1n) is 7.33. The lowest BCUT2D eigenvalue weighted by Gasteiger charge is -2.24. The number of amides is 3. The number of nitrogens with zero attached hydrogens (tertiary/aromatic N) is 1. The molecule has 0 spiro atoms. The highest BCUT2D eigenvalue weighted by Crippen LogP contribution is 2.18. The Balaban J connectivity index is 4.43. The first-order chi connectivity index (χ1) is 12.6. The van der Waals surface area contributed by atoms with Gasteiger partial charge in [-0.3, -0.25) is 14.4 Å². The summed E-state index contributed by atoms with van der Waals surface area (Å²) in [4.78, 5) is 32.4. The highest BCUT2D eigenvalue weighted by molar-refractivity contribution is 5.83. The van der Waals surface area contributed by atoms with Crippen LogP contribution in [0.5, 0.6) is 0 Å². The molecule has 0 aromatic rings. The van der Waals surface area contributed by atoms with Crippen LogP contribution in [0.25, 0.3) is 0 Å². The molecule has 0 aliphatic carbocycles. The number of nitrogens with one attached hydrogen (secondary N) is 3. The Morgan fingerprint density at radius 3 is 1.46 bits per heavy atom.